The van der Waals surface area contributed by atoms with Gasteiger partial charge in [-0.15, -0.1) is 0 Å². The molecule has 0 radical (unpaired) electrons. The van der Waals surface area contributed by atoms with Gasteiger partial charge in [-0.25, -0.2) is 0 Å². The molecule has 6 heteroatoms. The van der Waals surface area contributed by atoms with Crippen molar-refractivity contribution in [2.45, 2.75) is 19.9 Å². The zero-order valence-electron chi connectivity index (χ0n) is 12.4. The Kier molecular flexibility index (Phi) is 4.11. The Morgan fingerprint density at radius 3 is 2.95 bits per heavy atom. The van der Waals surface area contributed by atoms with Crippen LogP contribution in [0.5, 0.6) is 5.75 Å². The number of rotatable bonds is 4. The highest BCUT2D eigenvalue weighted by Gasteiger charge is 2.11. The summed E-state index contributed by atoms with van der Waals surface area (Å²) in [5.74, 6) is 0.674. The number of hydrogen-bond acceptors (Lipinski definition) is 4. The van der Waals surface area contributed by atoms with Gasteiger partial charge >= 0.3 is 5.91 Å². The number of aryl methyl sites for hydroxylation is 1. The maximum absolute atomic E-state index is 12.1. The molecule has 1 aromatic carbocycles. The van der Waals surface area contributed by atoms with E-state index in [9.17, 15) is 4.79 Å². The van der Waals surface area contributed by atoms with Gasteiger partial charge in [0.2, 0.25) is 0 Å². The zero-order chi connectivity index (χ0) is 15.5. The molecule has 114 valence electrons. The van der Waals surface area contributed by atoms with Crippen LogP contribution in [0, 0.1) is 0 Å². The third kappa shape index (κ3) is 2.69. The van der Waals surface area contributed by atoms with E-state index < -0.39 is 0 Å². The first-order valence-electron chi connectivity index (χ1n) is 7.03. The van der Waals surface area contributed by atoms with Crippen molar-refractivity contribution >= 4 is 27.5 Å². The van der Waals surface area contributed by atoms with Crippen LogP contribution in [0.4, 0.5) is 0 Å². The van der Waals surface area contributed by atoms with E-state index in [0.717, 1.165) is 28.9 Å². The van der Waals surface area contributed by atoms with Crippen molar-refractivity contribution in [3.63, 3.8) is 0 Å². The number of thiazole rings is 1. The fraction of sp³-hybridized carbons (Fsp3) is 0.250. The van der Waals surface area contributed by atoms with Crippen molar-refractivity contribution in [3.05, 3.63) is 47.2 Å². The van der Waals surface area contributed by atoms with Crippen molar-refractivity contribution in [3.8, 4) is 5.75 Å². The van der Waals surface area contributed by atoms with E-state index >= 15 is 0 Å². The van der Waals surface area contributed by atoms with Gasteiger partial charge in [0.05, 0.1) is 23.6 Å². The lowest BCUT2D eigenvalue weighted by Crippen LogP contribution is -2.16. The molecule has 0 spiro atoms. The lowest BCUT2D eigenvalue weighted by atomic mass is 10.3. The summed E-state index contributed by atoms with van der Waals surface area (Å²) in [5, 5.41) is 0. The van der Waals surface area contributed by atoms with Crippen LogP contribution >= 0.6 is 11.3 Å². The van der Waals surface area contributed by atoms with Gasteiger partial charge in [0.15, 0.2) is 10.6 Å². The minimum Gasteiger partial charge on any atom is -0.497 e. The summed E-state index contributed by atoms with van der Waals surface area (Å²) < 4.78 is 13.5. The summed E-state index contributed by atoms with van der Waals surface area (Å²) in [6.07, 6.45) is 2.43. The summed E-state index contributed by atoms with van der Waals surface area (Å²) in [4.78, 5) is 17.0. The molecule has 0 aliphatic heterocycles. The third-order valence-corrected chi connectivity index (χ3v) is 4.31. The highest BCUT2D eigenvalue weighted by Crippen LogP contribution is 2.23. The molecule has 0 aliphatic carbocycles. The molecule has 2 heterocycles. The minimum absolute atomic E-state index is 0.248. The van der Waals surface area contributed by atoms with Crippen molar-refractivity contribution in [1.29, 1.82) is 0 Å². The van der Waals surface area contributed by atoms with Crippen molar-refractivity contribution in [2.75, 3.05) is 7.11 Å². The van der Waals surface area contributed by atoms with E-state index in [1.807, 2.05) is 18.2 Å². The highest BCUT2D eigenvalue weighted by atomic mass is 32.1. The van der Waals surface area contributed by atoms with E-state index in [1.165, 1.54) is 17.6 Å². The molecule has 0 bridgehead atoms. The standard InChI is InChI=1S/C16H16N2O3S/c1-3-8-18-12-7-6-11(20-2)10-14(12)22-16(18)17-15(19)13-5-4-9-21-13/h4-7,9-10H,3,8H2,1-2H3. The van der Waals surface area contributed by atoms with Crippen LogP contribution in [-0.2, 0) is 6.54 Å². The van der Waals surface area contributed by atoms with Gasteiger partial charge in [0, 0.05) is 6.54 Å². The van der Waals surface area contributed by atoms with Crippen LogP contribution in [-0.4, -0.2) is 17.6 Å². The van der Waals surface area contributed by atoms with E-state index in [1.54, 1.807) is 19.2 Å². The van der Waals surface area contributed by atoms with E-state index in [0.29, 0.717) is 4.80 Å². The average molecular weight is 316 g/mol. The average Bonchev–Trinajstić information content (AvgIpc) is 3.16. The van der Waals surface area contributed by atoms with Gasteiger partial charge in [-0.05, 0) is 36.8 Å². The Morgan fingerprint density at radius 1 is 1.41 bits per heavy atom. The highest BCUT2D eigenvalue weighted by molar-refractivity contribution is 7.16. The smallest absolute Gasteiger partial charge is 0.315 e. The SMILES string of the molecule is CCCn1c(=NC(=O)c2ccco2)sc2cc(OC)ccc21. The molecule has 3 rings (SSSR count). The summed E-state index contributed by atoms with van der Waals surface area (Å²) in [7, 11) is 1.64. The van der Waals surface area contributed by atoms with Crippen molar-refractivity contribution in [1.82, 2.24) is 4.57 Å². The minimum atomic E-state index is -0.367. The number of fused-ring (bicyclic) bond motifs is 1. The second-order valence-electron chi connectivity index (χ2n) is 4.76. The number of ether oxygens (including phenoxy) is 1. The molecule has 22 heavy (non-hydrogen) atoms. The van der Waals surface area contributed by atoms with Crippen LogP contribution < -0.4 is 9.54 Å². The third-order valence-electron chi connectivity index (χ3n) is 3.27. The number of methoxy groups -OCH3 is 1. The molecule has 0 fully saturated rings. The van der Waals surface area contributed by atoms with Crippen LogP contribution in [0.3, 0.4) is 0 Å². The molecular weight excluding hydrogens is 300 g/mol. The number of nitrogens with zero attached hydrogens (tertiary/aromatic N) is 2. The molecule has 0 unspecified atom stereocenters. The quantitative estimate of drug-likeness (QED) is 0.740. The van der Waals surface area contributed by atoms with Crippen LogP contribution in [0.2, 0.25) is 0 Å². The second-order valence-corrected chi connectivity index (χ2v) is 5.77. The molecule has 0 N–H and O–H groups in total. The largest absolute Gasteiger partial charge is 0.497 e. The molecule has 0 aliphatic rings. The summed E-state index contributed by atoms with van der Waals surface area (Å²) in [6, 6.07) is 9.17. The normalized spacial score (nSPS) is 12.0. The van der Waals surface area contributed by atoms with Crippen molar-refractivity contribution < 1.29 is 13.9 Å². The molecule has 5 nitrogen and oxygen atoms in total. The fourth-order valence-corrected chi connectivity index (χ4v) is 3.33. The van der Waals surface area contributed by atoms with Crippen LogP contribution in [0.1, 0.15) is 23.9 Å². The lowest BCUT2D eigenvalue weighted by Gasteiger charge is -2.03. The van der Waals surface area contributed by atoms with Gasteiger partial charge in [-0.2, -0.15) is 4.99 Å². The summed E-state index contributed by atoms with van der Waals surface area (Å²) in [6.45, 7) is 2.90. The van der Waals surface area contributed by atoms with E-state index in [2.05, 4.69) is 16.5 Å². The Bertz CT molecular complexity index is 859. The summed E-state index contributed by atoms with van der Waals surface area (Å²) in [5.41, 5.74) is 1.05. The molecule has 1 amide bonds. The number of furan rings is 1. The monoisotopic (exact) mass is 316 g/mol. The number of hydrogen-bond donors (Lipinski definition) is 0. The molecule has 0 saturated heterocycles. The van der Waals surface area contributed by atoms with Gasteiger partial charge in [0.1, 0.15) is 5.75 Å². The first kappa shape index (κ1) is 14.6. The maximum Gasteiger partial charge on any atom is 0.315 e. The molecule has 0 saturated carbocycles. The Hall–Kier alpha value is -2.34. The maximum atomic E-state index is 12.1. The Morgan fingerprint density at radius 2 is 2.27 bits per heavy atom. The molecular formula is C16H16N2O3S. The van der Waals surface area contributed by atoms with Gasteiger partial charge in [-0.1, -0.05) is 18.3 Å². The Labute approximate surface area is 131 Å². The van der Waals surface area contributed by atoms with E-state index in [-0.39, 0.29) is 11.7 Å². The number of carbonyl (C=O) groups is 1. The number of aromatic nitrogens is 1. The lowest BCUT2D eigenvalue weighted by molar-refractivity contribution is 0.0971. The second kappa shape index (κ2) is 6.19. The summed E-state index contributed by atoms with van der Waals surface area (Å²) >= 11 is 1.47. The topological polar surface area (TPSA) is 56.7 Å². The molecule has 2 aromatic heterocycles. The molecule has 0 atom stereocenters. The van der Waals surface area contributed by atoms with Crippen LogP contribution in [0.15, 0.2) is 46.0 Å². The van der Waals surface area contributed by atoms with E-state index in [4.69, 9.17) is 9.15 Å². The van der Waals surface area contributed by atoms with Gasteiger partial charge in [0.25, 0.3) is 0 Å². The first-order chi connectivity index (χ1) is 10.7. The Balaban J connectivity index is 2.15. The number of benzene rings is 1. The molecule has 3 aromatic rings. The van der Waals surface area contributed by atoms with Gasteiger partial charge in [-0.3, -0.25) is 4.79 Å². The predicted molar refractivity (Wildman–Crippen MR) is 85.3 cm³/mol. The van der Waals surface area contributed by atoms with Crippen molar-refractivity contribution in [2.24, 2.45) is 4.99 Å². The first-order valence-corrected chi connectivity index (χ1v) is 7.84. The number of amides is 1. The fourth-order valence-electron chi connectivity index (χ4n) is 2.25. The predicted octanol–water partition coefficient (Wildman–Crippen LogP) is 3.46. The zero-order valence-corrected chi connectivity index (χ0v) is 13.2. The number of carbonyl (C=O) groups excluding carboxylic acids is 1. The van der Waals surface area contributed by atoms with Gasteiger partial charge < -0.3 is 13.7 Å². The van der Waals surface area contributed by atoms with Crippen LogP contribution in [0.25, 0.3) is 10.2 Å².